The number of aromatic carboxylic acids is 1. The van der Waals surface area contributed by atoms with Crippen molar-refractivity contribution in [3.8, 4) is 0 Å². The van der Waals surface area contributed by atoms with Crippen LogP contribution in [0.3, 0.4) is 0 Å². The van der Waals surface area contributed by atoms with E-state index in [4.69, 9.17) is 5.11 Å². The molecule has 0 aliphatic carbocycles. The Morgan fingerprint density at radius 2 is 2.26 bits per heavy atom. The largest absolute Gasteiger partial charge is 0.475 e. The van der Waals surface area contributed by atoms with Gasteiger partial charge in [-0.2, -0.15) is 4.52 Å². The first kappa shape index (κ1) is 11.4. The molecule has 0 saturated carbocycles. The smallest absolute Gasteiger partial charge is 0.375 e. The van der Waals surface area contributed by atoms with Gasteiger partial charge in [-0.25, -0.2) is 14.6 Å². The number of carboxylic acid groups (broad SMARTS) is 1. The molecule has 0 aliphatic heterocycles. The maximum atomic E-state index is 11.8. The lowest BCUT2D eigenvalue weighted by Gasteiger charge is -2.01. The molecule has 0 unspecified atom stereocenters. The Balaban J connectivity index is 2.48. The topological polar surface area (TPSA) is 100 Å². The molecular weight excluding hydrogens is 248 g/mol. The third-order valence-corrected chi connectivity index (χ3v) is 2.97. The lowest BCUT2D eigenvalue weighted by atomic mass is 10.1. The summed E-state index contributed by atoms with van der Waals surface area (Å²) in [5.41, 5.74) is 1.43. The van der Waals surface area contributed by atoms with Crippen molar-refractivity contribution in [1.82, 2.24) is 19.6 Å². The van der Waals surface area contributed by atoms with E-state index >= 15 is 0 Å². The number of aromatic nitrogens is 4. The van der Waals surface area contributed by atoms with Gasteiger partial charge in [0.1, 0.15) is 0 Å². The van der Waals surface area contributed by atoms with Crippen molar-refractivity contribution >= 4 is 22.5 Å². The minimum Gasteiger partial charge on any atom is -0.475 e. The number of carbonyl (C=O) groups is 1. The lowest BCUT2D eigenvalue weighted by Crippen LogP contribution is -2.17. The summed E-state index contributed by atoms with van der Waals surface area (Å²) in [5.74, 6) is -1.65. The molecule has 96 valence electrons. The molecule has 1 aromatic carbocycles. The highest BCUT2D eigenvalue weighted by Crippen LogP contribution is 2.17. The number of aromatic amines is 1. The number of rotatable bonds is 2. The average Bonchev–Trinajstić information content (AvgIpc) is 2.84. The number of aryl methyl sites for hydroxylation is 1. The predicted octanol–water partition coefficient (Wildman–Crippen LogP) is 0.831. The molecule has 0 fully saturated rings. The lowest BCUT2D eigenvalue weighted by molar-refractivity contribution is 0.0684. The van der Waals surface area contributed by atoms with Crippen LogP contribution in [0.15, 0.2) is 23.0 Å². The van der Waals surface area contributed by atoms with Crippen LogP contribution in [0, 0.1) is 0 Å². The maximum absolute atomic E-state index is 11.8. The van der Waals surface area contributed by atoms with Gasteiger partial charge in [0.15, 0.2) is 5.65 Å². The van der Waals surface area contributed by atoms with Gasteiger partial charge in [0.25, 0.3) is 5.82 Å². The second-order valence-corrected chi connectivity index (χ2v) is 4.14. The standard InChI is InChI=1S/C12H10N4O3/c1-2-6-3-4-8-7(5-6)10-14-9(11(17)18)15-16(10)12(19)13-8/h3-5H,2H2,1H3,(H,13,19)(H,17,18). The van der Waals surface area contributed by atoms with Crippen molar-refractivity contribution in [2.45, 2.75) is 13.3 Å². The Hall–Kier alpha value is -2.70. The Labute approximate surface area is 106 Å². The van der Waals surface area contributed by atoms with Crippen molar-refractivity contribution in [3.63, 3.8) is 0 Å². The van der Waals surface area contributed by atoms with E-state index in [0.717, 1.165) is 16.5 Å². The highest BCUT2D eigenvalue weighted by molar-refractivity contribution is 5.93. The molecule has 0 radical (unpaired) electrons. The number of benzene rings is 1. The molecule has 3 rings (SSSR count). The van der Waals surface area contributed by atoms with Crippen LogP contribution in [0.1, 0.15) is 23.1 Å². The van der Waals surface area contributed by atoms with Crippen LogP contribution in [0.5, 0.6) is 0 Å². The van der Waals surface area contributed by atoms with Gasteiger partial charge in [-0.3, -0.25) is 0 Å². The fraction of sp³-hybridized carbons (Fsp3) is 0.167. The molecule has 3 aromatic rings. The number of nitrogens with zero attached hydrogens (tertiary/aromatic N) is 3. The molecule has 0 aliphatic rings. The molecule has 0 saturated heterocycles. The van der Waals surface area contributed by atoms with Crippen LogP contribution in [0.2, 0.25) is 0 Å². The number of fused-ring (bicyclic) bond motifs is 3. The molecular formula is C12H10N4O3. The van der Waals surface area contributed by atoms with Gasteiger partial charge in [0.05, 0.1) is 5.52 Å². The Morgan fingerprint density at radius 3 is 2.95 bits per heavy atom. The van der Waals surface area contributed by atoms with Crippen molar-refractivity contribution in [3.05, 3.63) is 40.1 Å². The van der Waals surface area contributed by atoms with Crippen LogP contribution in [0.25, 0.3) is 16.6 Å². The number of carboxylic acids is 1. The molecule has 0 amide bonds. The quantitative estimate of drug-likeness (QED) is 0.709. The van der Waals surface area contributed by atoms with E-state index in [1.165, 1.54) is 0 Å². The van der Waals surface area contributed by atoms with Gasteiger partial charge < -0.3 is 10.1 Å². The average molecular weight is 258 g/mol. The summed E-state index contributed by atoms with van der Waals surface area (Å²) < 4.78 is 0.977. The molecule has 0 atom stereocenters. The van der Waals surface area contributed by atoms with Crippen molar-refractivity contribution in [2.24, 2.45) is 0 Å². The van der Waals surface area contributed by atoms with Gasteiger partial charge in [-0.15, -0.1) is 5.10 Å². The zero-order valence-corrected chi connectivity index (χ0v) is 10.0. The fourth-order valence-electron chi connectivity index (χ4n) is 1.99. The molecule has 19 heavy (non-hydrogen) atoms. The summed E-state index contributed by atoms with van der Waals surface area (Å²) in [6, 6.07) is 5.56. The van der Waals surface area contributed by atoms with Crippen LogP contribution in [-0.4, -0.2) is 30.7 Å². The minimum absolute atomic E-state index is 0.256. The summed E-state index contributed by atoms with van der Waals surface area (Å²) >= 11 is 0. The highest BCUT2D eigenvalue weighted by Gasteiger charge is 2.15. The number of nitrogens with one attached hydrogen (secondary N) is 1. The third kappa shape index (κ3) is 1.67. The van der Waals surface area contributed by atoms with Gasteiger partial charge in [0, 0.05) is 5.39 Å². The van der Waals surface area contributed by atoms with Crippen LogP contribution >= 0.6 is 0 Å². The SMILES string of the molecule is CCc1ccc2[nH]c(=O)n3nc(C(=O)O)nc3c2c1. The second kappa shape index (κ2) is 3.91. The summed E-state index contributed by atoms with van der Waals surface area (Å²) in [6.45, 7) is 2.01. The van der Waals surface area contributed by atoms with Gasteiger partial charge in [-0.1, -0.05) is 13.0 Å². The van der Waals surface area contributed by atoms with E-state index in [1.54, 1.807) is 6.07 Å². The molecule has 2 aromatic heterocycles. The number of H-pyrrole nitrogens is 1. The van der Waals surface area contributed by atoms with Crippen molar-refractivity contribution in [1.29, 1.82) is 0 Å². The second-order valence-electron chi connectivity index (χ2n) is 4.14. The van der Waals surface area contributed by atoms with E-state index in [0.29, 0.717) is 10.9 Å². The van der Waals surface area contributed by atoms with E-state index in [2.05, 4.69) is 15.1 Å². The van der Waals surface area contributed by atoms with Crippen LogP contribution in [-0.2, 0) is 6.42 Å². The zero-order chi connectivity index (χ0) is 13.6. The fourth-order valence-corrected chi connectivity index (χ4v) is 1.99. The molecule has 0 bridgehead atoms. The van der Waals surface area contributed by atoms with E-state index in [-0.39, 0.29) is 11.5 Å². The number of hydrogen-bond donors (Lipinski definition) is 2. The Morgan fingerprint density at radius 1 is 1.47 bits per heavy atom. The molecule has 2 N–H and O–H groups in total. The Kier molecular flexibility index (Phi) is 2.34. The number of hydrogen-bond acceptors (Lipinski definition) is 4. The highest BCUT2D eigenvalue weighted by atomic mass is 16.4. The van der Waals surface area contributed by atoms with E-state index < -0.39 is 11.7 Å². The normalized spacial score (nSPS) is 11.2. The van der Waals surface area contributed by atoms with E-state index in [9.17, 15) is 9.59 Å². The van der Waals surface area contributed by atoms with Gasteiger partial charge >= 0.3 is 11.7 Å². The first-order chi connectivity index (χ1) is 9.10. The molecule has 7 heteroatoms. The Bertz CT molecular complexity index is 862. The summed E-state index contributed by atoms with van der Waals surface area (Å²) in [6.07, 6.45) is 0.834. The van der Waals surface area contributed by atoms with Crippen LogP contribution < -0.4 is 5.69 Å². The van der Waals surface area contributed by atoms with Crippen molar-refractivity contribution < 1.29 is 9.90 Å². The molecule has 2 heterocycles. The summed E-state index contributed by atoms with van der Waals surface area (Å²) in [4.78, 5) is 29.2. The van der Waals surface area contributed by atoms with Crippen molar-refractivity contribution in [2.75, 3.05) is 0 Å². The summed E-state index contributed by atoms with van der Waals surface area (Å²) in [7, 11) is 0. The van der Waals surface area contributed by atoms with Crippen LogP contribution in [0.4, 0.5) is 0 Å². The molecule has 0 spiro atoms. The maximum Gasteiger partial charge on any atom is 0.375 e. The first-order valence-electron chi connectivity index (χ1n) is 5.75. The third-order valence-electron chi connectivity index (χ3n) is 2.97. The van der Waals surface area contributed by atoms with E-state index in [1.807, 2.05) is 19.1 Å². The van der Waals surface area contributed by atoms with Gasteiger partial charge in [0.2, 0.25) is 0 Å². The zero-order valence-electron chi connectivity index (χ0n) is 10.0. The summed E-state index contributed by atoms with van der Waals surface area (Å²) in [5, 5.41) is 13.3. The molecule has 7 nitrogen and oxygen atoms in total. The first-order valence-corrected chi connectivity index (χ1v) is 5.75. The predicted molar refractivity (Wildman–Crippen MR) is 67.5 cm³/mol. The minimum atomic E-state index is -1.26. The monoisotopic (exact) mass is 258 g/mol. The van der Waals surface area contributed by atoms with Gasteiger partial charge in [-0.05, 0) is 24.1 Å².